The largest absolute Gasteiger partial charge is 0.395 e. The number of amides is 3. The Bertz CT molecular complexity index is 1110. The van der Waals surface area contributed by atoms with Crippen molar-refractivity contribution in [2.45, 2.75) is 37.1 Å². The number of anilines is 1. The number of likely N-dealkylation sites (tertiary alicyclic amines) is 1. The molecule has 0 saturated carbocycles. The van der Waals surface area contributed by atoms with Gasteiger partial charge in [-0.15, -0.1) is 0 Å². The molecule has 3 heterocycles. The minimum absolute atomic E-state index is 0.0237. The zero-order valence-electron chi connectivity index (χ0n) is 18.4. The molecule has 3 saturated heterocycles. The molecule has 0 radical (unpaired) electrons. The molecular formula is C25H26ClN3O5. The number of nitrogens with zero attached hydrogens (tertiary/aromatic N) is 1. The van der Waals surface area contributed by atoms with Crippen molar-refractivity contribution in [3.05, 3.63) is 65.2 Å². The number of carbonyl (C=O) groups excluding carboxylic acids is 3. The van der Waals surface area contributed by atoms with E-state index in [1.54, 1.807) is 24.3 Å². The lowest BCUT2D eigenvalue weighted by atomic mass is 9.70. The molecule has 5 atom stereocenters. The first-order valence-corrected chi connectivity index (χ1v) is 11.8. The van der Waals surface area contributed by atoms with Crippen LogP contribution in [0.25, 0.3) is 0 Å². The highest BCUT2D eigenvalue weighted by atomic mass is 35.5. The maximum atomic E-state index is 13.5. The number of aliphatic hydroxyl groups excluding tert-OH is 1. The van der Waals surface area contributed by atoms with E-state index < -0.39 is 35.5 Å². The number of nitrogens with one attached hydrogen (secondary N) is 2. The van der Waals surface area contributed by atoms with Gasteiger partial charge in [0.1, 0.15) is 11.6 Å². The van der Waals surface area contributed by atoms with Gasteiger partial charge in [0.05, 0.1) is 35.3 Å². The Morgan fingerprint density at radius 1 is 1.12 bits per heavy atom. The molecule has 9 heteroatoms. The number of hydrogen-bond acceptors (Lipinski definition) is 5. The summed E-state index contributed by atoms with van der Waals surface area (Å²) in [4.78, 5) is 41.6. The number of para-hydroxylation sites is 1. The van der Waals surface area contributed by atoms with Gasteiger partial charge in [0.2, 0.25) is 17.7 Å². The number of carbonyl (C=O) groups is 3. The van der Waals surface area contributed by atoms with Crippen LogP contribution in [-0.4, -0.2) is 58.6 Å². The first-order chi connectivity index (χ1) is 16.5. The molecule has 8 nitrogen and oxygen atoms in total. The van der Waals surface area contributed by atoms with Gasteiger partial charge in [-0.05, 0) is 30.5 Å². The summed E-state index contributed by atoms with van der Waals surface area (Å²) in [5.74, 6) is -2.51. The van der Waals surface area contributed by atoms with E-state index in [2.05, 4.69) is 10.6 Å². The highest BCUT2D eigenvalue weighted by Gasteiger charge is 2.74. The van der Waals surface area contributed by atoms with Crippen LogP contribution in [0.1, 0.15) is 18.4 Å². The standard InChI is InChI=1S/C25H26ClN3O5/c26-16-8-4-5-9-17(16)28-23(32)21-25-11-10-18(34-25)19(20(25)24(33)29(21)12-13-30)22(31)27-14-15-6-2-1-3-7-15/h1-9,18-21,30H,10-14H2,(H,27,31)(H,28,32)/t18-,19+,20-,21?,25?/m0/s1. The molecule has 3 aliphatic rings. The third-order valence-electron chi connectivity index (χ3n) is 7.13. The normalized spacial score (nSPS) is 29.2. The summed E-state index contributed by atoms with van der Waals surface area (Å²) in [6.07, 6.45) is 0.631. The molecule has 34 heavy (non-hydrogen) atoms. The summed E-state index contributed by atoms with van der Waals surface area (Å²) in [5.41, 5.74) is 0.262. The van der Waals surface area contributed by atoms with Crippen LogP contribution >= 0.6 is 11.6 Å². The summed E-state index contributed by atoms with van der Waals surface area (Å²) in [7, 11) is 0. The Kier molecular flexibility index (Phi) is 6.06. The average Bonchev–Trinajstić information content (AvgIpc) is 3.48. The predicted molar refractivity (Wildman–Crippen MR) is 125 cm³/mol. The molecule has 1 spiro atoms. The van der Waals surface area contributed by atoms with Crippen molar-refractivity contribution >= 4 is 35.0 Å². The van der Waals surface area contributed by atoms with E-state index in [1.807, 2.05) is 30.3 Å². The van der Waals surface area contributed by atoms with Crippen molar-refractivity contribution in [1.29, 1.82) is 0 Å². The fourth-order valence-electron chi connectivity index (χ4n) is 5.77. The maximum absolute atomic E-state index is 13.5. The van der Waals surface area contributed by atoms with Gasteiger partial charge < -0.3 is 25.4 Å². The van der Waals surface area contributed by atoms with Gasteiger partial charge in [0.25, 0.3) is 0 Å². The van der Waals surface area contributed by atoms with E-state index in [9.17, 15) is 19.5 Å². The fourth-order valence-corrected chi connectivity index (χ4v) is 5.95. The number of fused-ring (bicyclic) bond motifs is 1. The summed E-state index contributed by atoms with van der Waals surface area (Å²) in [5, 5.41) is 15.8. The number of benzene rings is 2. The summed E-state index contributed by atoms with van der Waals surface area (Å²) >= 11 is 6.22. The number of hydrogen-bond donors (Lipinski definition) is 3. The predicted octanol–water partition coefficient (Wildman–Crippen LogP) is 1.96. The smallest absolute Gasteiger partial charge is 0.250 e. The number of β-amino-alcohol motifs (C(OH)–C–C–N with tert-alkyl or cyclic N) is 1. The molecule has 3 N–H and O–H groups in total. The van der Waals surface area contributed by atoms with Gasteiger partial charge in [0, 0.05) is 13.1 Å². The van der Waals surface area contributed by atoms with Crippen molar-refractivity contribution < 1.29 is 24.2 Å². The van der Waals surface area contributed by atoms with Gasteiger partial charge >= 0.3 is 0 Å². The SMILES string of the molecule is O=C(Nc1ccccc1Cl)C1N(CCO)C(=O)[C@@H]2[C@H](C(=O)NCc3ccccc3)[C@@H]3CCC12O3. The van der Waals surface area contributed by atoms with Gasteiger partial charge in [-0.2, -0.15) is 0 Å². The molecule has 0 aliphatic carbocycles. The molecule has 2 unspecified atom stereocenters. The Balaban J connectivity index is 1.41. The van der Waals surface area contributed by atoms with Gasteiger partial charge in [-0.25, -0.2) is 0 Å². The van der Waals surface area contributed by atoms with Crippen LogP contribution in [0.2, 0.25) is 5.02 Å². The Hall–Kier alpha value is -2.94. The number of aliphatic hydroxyl groups is 1. The minimum atomic E-state index is -1.11. The van der Waals surface area contributed by atoms with E-state index in [0.29, 0.717) is 30.1 Å². The number of rotatable bonds is 7. The second-order valence-corrected chi connectivity index (χ2v) is 9.39. The quantitative estimate of drug-likeness (QED) is 0.558. The fraction of sp³-hybridized carbons (Fsp3) is 0.400. The van der Waals surface area contributed by atoms with Gasteiger partial charge in [0.15, 0.2) is 0 Å². The topological polar surface area (TPSA) is 108 Å². The molecule has 3 fully saturated rings. The third kappa shape index (κ3) is 3.66. The van der Waals surface area contributed by atoms with Crippen molar-refractivity contribution in [3.8, 4) is 0 Å². The van der Waals surface area contributed by atoms with Crippen molar-refractivity contribution in [3.63, 3.8) is 0 Å². The summed E-state index contributed by atoms with van der Waals surface area (Å²) in [6.45, 7) is 0.0103. The van der Waals surface area contributed by atoms with Crippen LogP contribution in [0.5, 0.6) is 0 Å². The second kappa shape index (κ2) is 9.02. The van der Waals surface area contributed by atoms with E-state index in [-0.39, 0.29) is 25.0 Å². The van der Waals surface area contributed by atoms with Crippen LogP contribution in [0.4, 0.5) is 5.69 Å². The van der Waals surface area contributed by atoms with Crippen molar-refractivity contribution in [2.75, 3.05) is 18.5 Å². The maximum Gasteiger partial charge on any atom is 0.250 e. The molecule has 2 aromatic carbocycles. The highest BCUT2D eigenvalue weighted by molar-refractivity contribution is 6.33. The molecule has 5 rings (SSSR count). The van der Waals surface area contributed by atoms with Crippen LogP contribution in [0.15, 0.2) is 54.6 Å². The van der Waals surface area contributed by atoms with E-state index in [4.69, 9.17) is 16.3 Å². The molecule has 0 aromatic heterocycles. The van der Waals surface area contributed by atoms with Crippen LogP contribution in [0, 0.1) is 11.8 Å². The van der Waals surface area contributed by atoms with E-state index in [1.165, 1.54) is 4.90 Å². The molecule has 2 bridgehead atoms. The average molecular weight is 484 g/mol. The lowest BCUT2D eigenvalue weighted by Gasteiger charge is -2.33. The lowest BCUT2D eigenvalue weighted by molar-refractivity contribution is -0.141. The Morgan fingerprint density at radius 3 is 2.59 bits per heavy atom. The monoisotopic (exact) mass is 483 g/mol. The van der Waals surface area contributed by atoms with Crippen molar-refractivity contribution in [2.24, 2.45) is 11.8 Å². The zero-order chi connectivity index (χ0) is 23.9. The van der Waals surface area contributed by atoms with Gasteiger partial charge in [-0.3, -0.25) is 14.4 Å². The summed E-state index contributed by atoms with van der Waals surface area (Å²) in [6, 6.07) is 15.4. The molecule has 2 aromatic rings. The molecular weight excluding hydrogens is 458 g/mol. The number of ether oxygens (including phenoxy) is 1. The minimum Gasteiger partial charge on any atom is -0.395 e. The molecule has 3 aliphatic heterocycles. The van der Waals surface area contributed by atoms with Crippen LogP contribution in [-0.2, 0) is 25.7 Å². The first-order valence-electron chi connectivity index (χ1n) is 11.4. The second-order valence-electron chi connectivity index (χ2n) is 8.98. The third-order valence-corrected chi connectivity index (χ3v) is 7.46. The summed E-state index contributed by atoms with van der Waals surface area (Å²) < 4.78 is 6.32. The molecule has 178 valence electrons. The van der Waals surface area contributed by atoms with Crippen LogP contribution in [0.3, 0.4) is 0 Å². The Morgan fingerprint density at radius 2 is 1.85 bits per heavy atom. The van der Waals surface area contributed by atoms with E-state index in [0.717, 1.165) is 5.56 Å². The number of halogens is 1. The molecule has 3 amide bonds. The van der Waals surface area contributed by atoms with E-state index >= 15 is 0 Å². The Labute approximate surface area is 202 Å². The first kappa shape index (κ1) is 22.8. The van der Waals surface area contributed by atoms with Crippen molar-refractivity contribution in [1.82, 2.24) is 10.2 Å². The van der Waals surface area contributed by atoms with Gasteiger partial charge in [-0.1, -0.05) is 54.1 Å². The lowest BCUT2D eigenvalue weighted by Crippen LogP contribution is -2.53. The highest BCUT2D eigenvalue weighted by Crippen LogP contribution is 2.58. The van der Waals surface area contributed by atoms with Crippen LogP contribution < -0.4 is 10.6 Å². The zero-order valence-corrected chi connectivity index (χ0v) is 19.2.